The number of hydrogen-bond acceptors (Lipinski definition) is 3. The second kappa shape index (κ2) is 18.0. The van der Waals surface area contributed by atoms with E-state index in [2.05, 4.69) is 34.3 Å². The van der Waals surface area contributed by atoms with Crippen molar-refractivity contribution in [2.24, 2.45) is 0 Å². The Morgan fingerprint density at radius 2 is 1.46 bits per heavy atom. The van der Waals surface area contributed by atoms with E-state index in [-0.39, 0.29) is 12.1 Å². The summed E-state index contributed by atoms with van der Waals surface area (Å²) in [4.78, 5) is 13.9. The molecule has 0 aromatic heterocycles. The standard InChI is InChI=1S/C22H42BrNO2/c1-5-6-7-8-9-10-11-12-13-14-17-24(19-23)18-15-16-21(4)26-22(25)20(2)3/h21H,2,5-19H2,1,3-4H3. The molecule has 0 amide bonds. The number of carbonyl (C=O) groups is 1. The van der Waals surface area contributed by atoms with Crippen molar-refractivity contribution in [3.05, 3.63) is 12.2 Å². The van der Waals surface area contributed by atoms with Gasteiger partial charge < -0.3 is 4.74 Å². The highest BCUT2D eigenvalue weighted by atomic mass is 79.9. The molecule has 0 rings (SSSR count). The van der Waals surface area contributed by atoms with Crippen LogP contribution < -0.4 is 0 Å². The quantitative estimate of drug-likeness (QED) is 0.0780. The van der Waals surface area contributed by atoms with Crippen LogP contribution in [0.5, 0.6) is 0 Å². The van der Waals surface area contributed by atoms with E-state index in [0.29, 0.717) is 5.57 Å². The van der Waals surface area contributed by atoms with Crippen LogP contribution in [0.2, 0.25) is 0 Å². The fourth-order valence-corrected chi connectivity index (χ4v) is 3.50. The lowest BCUT2D eigenvalue weighted by Crippen LogP contribution is -2.25. The van der Waals surface area contributed by atoms with E-state index < -0.39 is 0 Å². The number of hydrogen-bond donors (Lipinski definition) is 0. The van der Waals surface area contributed by atoms with Crippen molar-refractivity contribution in [1.29, 1.82) is 0 Å². The number of halogens is 1. The topological polar surface area (TPSA) is 29.5 Å². The minimum Gasteiger partial charge on any atom is -0.459 e. The molecule has 0 bridgehead atoms. The van der Waals surface area contributed by atoms with E-state index in [9.17, 15) is 4.79 Å². The van der Waals surface area contributed by atoms with E-state index in [1.165, 1.54) is 64.2 Å². The number of rotatable bonds is 18. The van der Waals surface area contributed by atoms with Gasteiger partial charge in [0.05, 0.1) is 11.6 Å². The van der Waals surface area contributed by atoms with Crippen LogP contribution in [0.25, 0.3) is 0 Å². The zero-order valence-electron chi connectivity index (χ0n) is 17.5. The second-order valence-corrected chi connectivity index (χ2v) is 8.06. The van der Waals surface area contributed by atoms with Crippen LogP contribution in [0.1, 0.15) is 97.8 Å². The Morgan fingerprint density at radius 1 is 0.962 bits per heavy atom. The van der Waals surface area contributed by atoms with Crippen LogP contribution in [-0.2, 0) is 9.53 Å². The molecule has 26 heavy (non-hydrogen) atoms. The molecule has 4 heteroatoms. The van der Waals surface area contributed by atoms with Crippen molar-refractivity contribution in [1.82, 2.24) is 4.90 Å². The van der Waals surface area contributed by atoms with E-state index in [0.717, 1.165) is 31.4 Å². The van der Waals surface area contributed by atoms with Gasteiger partial charge in [-0.1, -0.05) is 87.2 Å². The van der Waals surface area contributed by atoms with Crippen LogP contribution in [0, 0.1) is 0 Å². The maximum Gasteiger partial charge on any atom is 0.333 e. The van der Waals surface area contributed by atoms with Gasteiger partial charge in [-0.2, -0.15) is 0 Å². The summed E-state index contributed by atoms with van der Waals surface area (Å²) in [5, 5.41) is 0. The predicted octanol–water partition coefficient (Wildman–Crippen LogP) is 6.85. The van der Waals surface area contributed by atoms with E-state index in [4.69, 9.17) is 4.74 Å². The Labute approximate surface area is 171 Å². The van der Waals surface area contributed by atoms with E-state index >= 15 is 0 Å². The molecule has 0 saturated heterocycles. The van der Waals surface area contributed by atoms with E-state index in [1.807, 2.05) is 6.92 Å². The molecule has 0 aliphatic rings. The molecule has 0 heterocycles. The maximum atomic E-state index is 11.5. The van der Waals surface area contributed by atoms with E-state index in [1.54, 1.807) is 6.92 Å². The lowest BCUT2D eigenvalue weighted by molar-refractivity contribution is -0.143. The molecule has 1 unspecified atom stereocenters. The molecule has 1 atom stereocenters. The molecule has 154 valence electrons. The zero-order chi connectivity index (χ0) is 19.6. The number of alkyl halides is 1. The Morgan fingerprint density at radius 3 is 1.96 bits per heavy atom. The van der Waals surface area contributed by atoms with Crippen LogP contribution >= 0.6 is 15.9 Å². The third-order valence-corrected chi connectivity index (χ3v) is 5.45. The van der Waals surface area contributed by atoms with Gasteiger partial charge >= 0.3 is 5.97 Å². The van der Waals surface area contributed by atoms with Crippen molar-refractivity contribution in [2.45, 2.75) is 104 Å². The smallest absolute Gasteiger partial charge is 0.333 e. The van der Waals surface area contributed by atoms with Gasteiger partial charge in [-0.3, -0.25) is 4.90 Å². The summed E-state index contributed by atoms with van der Waals surface area (Å²) in [6.07, 6.45) is 15.7. The maximum absolute atomic E-state index is 11.5. The first-order valence-electron chi connectivity index (χ1n) is 10.7. The first kappa shape index (κ1) is 25.6. The Bertz CT molecular complexity index is 360. The summed E-state index contributed by atoms with van der Waals surface area (Å²) in [5.41, 5.74) is 1.39. The molecule has 0 aromatic rings. The van der Waals surface area contributed by atoms with Gasteiger partial charge in [0, 0.05) is 5.57 Å². The highest BCUT2D eigenvalue weighted by molar-refractivity contribution is 9.09. The molecule has 0 spiro atoms. The first-order valence-corrected chi connectivity index (χ1v) is 11.8. The van der Waals surface area contributed by atoms with Crippen LogP contribution in [0.3, 0.4) is 0 Å². The molecular weight excluding hydrogens is 390 g/mol. The molecule has 0 fully saturated rings. The number of esters is 1. The van der Waals surface area contributed by atoms with Gasteiger partial charge in [0.1, 0.15) is 0 Å². The zero-order valence-corrected chi connectivity index (χ0v) is 19.1. The first-order chi connectivity index (χ1) is 12.5. The molecule has 0 aliphatic carbocycles. The van der Waals surface area contributed by atoms with Crippen molar-refractivity contribution < 1.29 is 9.53 Å². The third kappa shape index (κ3) is 15.9. The average Bonchev–Trinajstić information content (AvgIpc) is 2.61. The normalized spacial score (nSPS) is 12.3. The van der Waals surface area contributed by atoms with Gasteiger partial charge in [0.25, 0.3) is 0 Å². The lowest BCUT2D eigenvalue weighted by atomic mass is 10.1. The van der Waals surface area contributed by atoms with Crippen molar-refractivity contribution in [3.8, 4) is 0 Å². The Kier molecular flexibility index (Phi) is 17.8. The fourth-order valence-electron chi connectivity index (χ4n) is 3.00. The van der Waals surface area contributed by atoms with Crippen LogP contribution in [-0.4, -0.2) is 35.5 Å². The van der Waals surface area contributed by atoms with Gasteiger partial charge in [0.2, 0.25) is 0 Å². The highest BCUT2D eigenvalue weighted by Gasteiger charge is 2.10. The predicted molar refractivity (Wildman–Crippen MR) is 117 cm³/mol. The van der Waals surface area contributed by atoms with Gasteiger partial charge in [-0.15, -0.1) is 0 Å². The van der Waals surface area contributed by atoms with Crippen molar-refractivity contribution in [3.63, 3.8) is 0 Å². The number of carbonyl (C=O) groups excluding carboxylic acids is 1. The van der Waals surface area contributed by atoms with Gasteiger partial charge in [0.15, 0.2) is 0 Å². The molecular formula is C22H42BrNO2. The molecule has 0 aromatic carbocycles. The fraction of sp³-hybridized carbons (Fsp3) is 0.864. The summed E-state index contributed by atoms with van der Waals surface area (Å²) < 4.78 is 5.33. The average molecular weight is 432 g/mol. The van der Waals surface area contributed by atoms with Crippen molar-refractivity contribution in [2.75, 3.05) is 18.5 Å². The lowest BCUT2D eigenvalue weighted by Gasteiger charge is -2.20. The highest BCUT2D eigenvalue weighted by Crippen LogP contribution is 2.12. The van der Waals surface area contributed by atoms with Crippen molar-refractivity contribution >= 4 is 21.9 Å². The third-order valence-electron chi connectivity index (χ3n) is 4.74. The Balaban J connectivity index is 3.56. The SMILES string of the molecule is C=C(C)C(=O)OC(C)CCCN(CBr)CCCCCCCCCCCC. The molecule has 0 saturated carbocycles. The summed E-state index contributed by atoms with van der Waals surface area (Å²) >= 11 is 3.60. The van der Waals surface area contributed by atoms with Gasteiger partial charge in [-0.25, -0.2) is 4.79 Å². The van der Waals surface area contributed by atoms with Crippen LogP contribution in [0.4, 0.5) is 0 Å². The summed E-state index contributed by atoms with van der Waals surface area (Å²) in [6.45, 7) is 11.7. The number of nitrogens with zero attached hydrogens (tertiary/aromatic N) is 1. The van der Waals surface area contributed by atoms with Gasteiger partial charge in [-0.05, 0) is 46.2 Å². The number of ether oxygens (including phenoxy) is 1. The second-order valence-electron chi connectivity index (χ2n) is 7.56. The Hall–Kier alpha value is -0.350. The molecule has 0 N–H and O–H groups in total. The minimum absolute atomic E-state index is 0.0336. The number of unbranched alkanes of at least 4 members (excludes halogenated alkanes) is 9. The minimum atomic E-state index is -0.278. The van der Waals surface area contributed by atoms with Crippen LogP contribution in [0.15, 0.2) is 12.2 Å². The molecule has 0 aliphatic heterocycles. The monoisotopic (exact) mass is 431 g/mol. The largest absolute Gasteiger partial charge is 0.459 e. The summed E-state index contributed by atoms with van der Waals surface area (Å²) in [6, 6.07) is 0. The molecule has 0 radical (unpaired) electrons. The molecule has 3 nitrogen and oxygen atoms in total. The summed E-state index contributed by atoms with van der Waals surface area (Å²) in [5.74, 6) is -0.278. The summed E-state index contributed by atoms with van der Waals surface area (Å²) in [7, 11) is 0.